The summed E-state index contributed by atoms with van der Waals surface area (Å²) in [5.41, 5.74) is 8.43. The van der Waals surface area contributed by atoms with Crippen LogP contribution in [0.25, 0.3) is 55.0 Å². The predicted molar refractivity (Wildman–Crippen MR) is 148 cm³/mol. The Hall–Kier alpha value is -4.30. The molecule has 6 aromatic rings. The zero-order valence-electron chi connectivity index (χ0n) is 20.3. The Morgan fingerprint density at radius 3 is 2.64 bits per heavy atom. The molecule has 5 aromatic heterocycles. The number of fused-ring (bicyclic) bond motifs is 2. The van der Waals surface area contributed by atoms with Crippen molar-refractivity contribution in [1.82, 2.24) is 30.1 Å². The molecule has 178 valence electrons. The Balaban J connectivity index is 1.41. The number of pyridine rings is 2. The molecule has 36 heavy (non-hydrogen) atoms. The molecule has 6 rings (SSSR count). The van der Waals surface area contributed by atoms with Crippen molar-refractivity contribution in [2.75, 3.05) is 5.32 Å². The molecule has 8 heteroatoms. The first kappa shape index (κ1) is 22.2. The molecule has 0 aliphatic carbocycles. The van der Waals surface area contributed by atoms with E-state index in [1.54, 1.807) is 11.3 Å². The summed E-state index contributed by atoms with van der Waals surface area (Å²) in [5, 5.41) is 12.1. The van der Waals surface area contributed by atoms with Crippen LogP contribution in [0.15, 0.2) is 73.5 Å². The van der Waals surface area contributed by atoms with Crippen molar-refractivity contribution in [3.63, 3.8) is 0 Å². The summed E-state index contributed by atoms with van der Waals surface area (Å²) in [4.78, 5) is 19.7. The summed E-state index contributed by atoms with van der Waals surface area (Å²) in [5.74, 6) is 1.04. The molecule has 0 aliphatic rings. The van der Waals surface area contributed by atoms with Crippen LogP contribution in [0, 0.1) is 12.8 Å². The number of hydrogen-bond donors (Lipinski definition) is 3. The lowest BCUT2D eigenvalue weighted by Crippen LogP contribution is -2.04. The Morgan fingerprint density at radius 1 is 0.972 bits per heavy atom. The molecule has 0 aliphatic heterocycles. The second-order valence-corrected chi connectivity index (χ2v) is 10.5. The van der Waals surface area contributed by atoms with Crippen molar-refractivity contribution in [3.8, 4) is 33.1 Å². The minimum absolute atomic E-state index is 0.335. The van der Waals surface area contributed by atoms with E-state index in [4.69, 9.17) is 4.98 Å². The van der Waals surface area contributed by atoms with E-state index < -0.39 is 0 Å². The number of anilines is 1. The van der Waals surface area contributed by atoms with Crippen molar-refractivity contribution in [2.45, 2.75) is 20.8 Å². The zero-order chi connectivity index (χ0) is 24.8. The van der Waals surface area contributed by atoms with E-state index >= 15 is 0 Å². The predicted octanol–water partition coefficient (Wildman–Crippen LogP) is 7.18. The molecular weight excluding hydrogens is 466 g/mol. The molecule has 5 heterocycles. The van der Waals surface area contributed by atoms with Gasteiger partial charge in [-0.15, -0.1) is 11.3 Å². The lowest BCUT2D eigenvalue weighted by atomic mass is 10.0. The highest BCUT2D eigenvalue weighted by molar-refractivity contribution is 7.15. The van der Waals surface area contributed by atoms with Crippen LogP contribution in [0.2, 0.25) is 0 Å². The van der Waals surface area contributed by atoms with Gasteiger partial charge in [-0.2, -0.15) is 5.10 Å². The number of imidazole rings is 1. The van der Waals surface area contributed by atoms with Gasteiger partial charge in [-0.3, -0.25) is 15.1 Å². The average Bonchev–Trinajstić information content (AvgIpc) is 3.61. The number of aryl methyl sites for hydroxylation is 1. The van der Waals surface area contributed by atoms with Gasteiger partial charge in [0.1, 0.15) is 11.2 Å². The van der Waals surface area contributed by atoms with Gasteiger partial charge in [0.25, 0.3) is 0 Å². The highest BCUT2D eigenvalue weighted by Gasteiger charge is 2.17. The van der Waals surface area contributed by atoms with Gasteiger partial charge in [-0.1, -0.05) is 26.5 Å². The Bertz CT molecular complexity index is 1740. The van der Waals surface area contributed by atoms with Gasteiger partial charge < -0.3 is 10.3 Å². The molecule has 0 bridgehead atoms. The van der Waals surface area contributed by atoms with Crippen LogP contribution in [0.4, 0.5) is 5.69 Å². The summed E-state index contributed by atoms with van der Waals surface area (Å²) in [7, 11) is 0. The number of nitrogens with zero attached hydrogens (tertiary/aromatic N) is 4. The maximum Gasteiger partial charge on any atom is 0.159 e. The molecule has 0 fully saturated rings. The lowest BCUT2D eigenvalue weighted by molar-refractivity contribution is 0.778. The topological polar surface area (TPSA) is 95.2 Å². The van der Waals surface area contributed by atoms with Crippen molar-refractivity contribution in [1.29, 1.82) is 0 Å². The smallest absolute Gasteiger partial charge is 0.159 e. The fraction of sp³-hybridized carbons (Fsp3) is 0.143. The molecule has 1 aromatic carbocycles. The van der Waals surface area contributed by atoms with Crippen LogP contribution >= 0.6 is 11.3 Å². The van der Waals surface area contributed by atoms with E-state index in [2.05, 4.69) is 88.1 Å². The van der Waals surface area contributed by atoms with Gasteiger partial charge in [-0.05, 0) is 48.7 Å². The fourth-order valence-electron chi connectivity index (χ4n) is 4.17. The van der Waals surface area contributed by atoms with Crippen molar-refractivity contribution >= 4 is 39.0 Å². The largest absolute Gasteiger partial charge is 0.358 e. The Labute approximate surface area is 212 Å². The van der Waals surface area contributed by atoms with Gasteiger partial charge in [0.2, 0.25) is 0 Å². The van der Waals surface area contributed by atoms with Crippen LogP contribution in [0.3, 0.4) is 0 Å². The first-order valence-corrected chi connectivity index (χ1v) is 12.6. The third-order valence-corrected chi connectivity index (χ3v) is 7.29. The number of allylic oxidation sites excluding steroid dienone is 1. The van der Waals surface area contributed by atoms with E-state index in [1.807, 2.05) is 30.9 Å². The lowest BCUT2D eigenvalue weighted by Gasteiger charge is -2.13. The first-order chi connectivity index (χ1) is 17.5. The average molecular weight is 492 g/mol. The van der Waals surface area contributed by atoms with E-state index in [-0.39, 0.29) is 0 Å². The Kier molecular flexibility index (Phi) is 5.38. The molecule has 0 saturated heterocycles. The normalized spacial score (nSPS) is 11.6. The third kappa shape index (κ3) is 3.95. The number of rotatable bonds is 6. The third-order valence-electron chi connectivity index (χ3n) is 6.26. The molecule has 7 nitrogen and oxygen atoms in total. The second-order valence-electron chi connectivity index (χ2n) is 9.18. The monoisotopic (exact) mass is 491 g/mol. The number of thiophene rings is 1. The van der Waals surface area contributed by atoms with Crippen LogP contribution < -0.4 is 5.32 Å². The molecule has 0 amide bonds. The molecular formula is C28H25N7S. The van der Waals surface area contributed by atoms with Crippen LogP contribution in [0.5, 0.6) is 0 Å². The molecule has 3 N–H and O–H groups in total. The summed E-state index contributed by atoms with van der Waals surface area (Å²) < 4.78 is 0. The van der Waals surface area contributed by atoms with Crippen molar-refractivity contribution < 1.29 is 0 Å². The van der Waals surface area contributed by atoms with Gasteiger partial charge in [-0.25, -0.2) is 4.98 Å². The first-order valence-electron chi connectivity index (χ1n) is 11.8. The van der Waals surface area contributed by atoms with Crippen LogP contribution in [-0.2, 0) is 0 Å². The standard InChI is InChI=1S/C28H25N7S/c1-15(2)17(4)31-20-9-19(11-29-12-20)18-6-7-23-21(10-18)27(35-34-23)28-32-24-14-30-13-22(26(24)33-28)25-8-5-16(3)36-25/h5-15,31H,4H2,1-3H3,(H,32,33)(H,34,35). The maximum absolute atomic E-state index is 4.95. The summed E-state index contributed by atoms with van der Waals surface area (Å²) in [6, 6.07) is 12.6. The number of aromatic amines is 2. The van der Waals surface area contributed by atoms with Gasteiger partial charge >= 0.3 is 0 Å². The van der Waals surface area contributed by atoms with E-state index in [1.165, 1.54) is 4.88 Å². The number of hydrogen-bond acceptors (Lipinski definition) is 6. The van der Waals surface area contributed by atoms with Gasteiger partial charge in [0.05, 0.1) is 29.1 Å². The summed E-state index contributed by atoms with van der Waals surface area (Å²) in [6.07, 6.45) is 7.37. The van der Waals surface area contributed by atoms with Gasteiger partial charge in [0.15, 0.2) is 5.82 Å². The maximum atomic E-state index is 4.95. The number of nitrogens with one attached hydrogen (secondary N) is 3. The van der Waals surface area contributed by atoms with E-state index in [0.717, 1.165) is 60.6 Å². The molecule has 0 saturated carbocycles. The van der Waals surface area contributed by atoms with Gasteiger partial charge in [0, 0.05) is 44.4 Å². The number of benzene rings is 1. The quantitative estimate of drug-likeness (QED) is 0.229. The van der Waals surface area contributed by atoms with Crippen molar-refractivity contribution in [3.05, 3.63) is 78.3 Å². The Morgan fingerprint density at radius 2 is 1.83 bits per heavy atom. The van der Waals surface area contributed by atoms with Crippen LogP contribution in [0.1, 0.15) is 18.7 Å². The highest BCUT2D eigenvalue weighted by Crippen LogP contribution is 2.35. The second kappa shape index (κ2) is 8.73. The molecule has 0 spiro atoms. The summed E-state index contributed by atoms with van der Waals surface area (Å²) >= 11 is 1.74. The van der Waals surface area contributed by atoms with E-state index in [0.29, 0.717) is 11.7 Å². The summed E-state index contributed by atoms with van der Waals surface area (Å²) in [6.45, 7) is 10.4. The number of aromatic nitrogens is 6. The minimum atomic E-state index is 0.335. The molecule has 0 radical (unpaired) electrons. The minimum Gasteiger partial charge on any atom is -0.358 e. The van der Waals surface area contributed by atoms with Crippen LogP contribution in [-0.4, -0.2) is 30.1 Å². The highest BCUT2D eigenvalue weighted by atomic mass is 32.1. The molecule has 0 atom stereocenters. The SMILES string of the molecule is C=C(Nc1cncc(-c2ccc3[nH]nc(-c4nc5c(-c6ccc(C)s6)cncc5[nH]4)c3c2)c1)C(C)C. The van der Waals surface area contributed by atoms with Crippen molar-refractivity contribution in [2.24, 2.45) is 5.92 Å². The molecule has 0 unspecified atom stereocenters. The number of H-pyrrole nitrogens is 2. The fourth-order valence-corrected chi connectivity index (χ4v) is 5.05. The van der Waals surface area contributed by atoms with E-state index in [9.17, 15) is 0 Å². The zero-order valence-corrected chi connectivity index (χ0v) is 21.1.